The van der Waals surface area contributed by atoms with E-state index >= 15 is 0 Å². The summed E-state index contributed by atoms with van der Waals surface area (Å²) in [5.41, 5.74) is 1.44. The molecular weight excluding hydrogens is 435 g/mol. The first-order chi connectivity index (χ1) is 15.2. The molecule has 1 fully saturated rings. The number of nitrogens with one attached hydrogen (secondary N) is 1. The van der Waals surface area contributed by atoms with Crippen molar-refractivity contribution >= 4 is 34.9 Å². The Bertz CT molecular complexity index is 937. The normalized spacial score (nSPS) is 15.6. The molecule has 1 aliphatic rings. The lowest BCUT2D eigenvalue weighted by Crippen LogP contribution is -2.42. The lowest BCUT2D eigenvalue weighted by Gasteiger charge is -2.37. The van der Waals surface area contributed by atoms with Gasteiger partial charge in [0.2, 0.25) is 5.95 Å². The quantitative estimate of drug-likeness (QED) is 0.491. The Balaban J connectivity index is 2.03. The van der Waals surface area contributed by atoms with Gasteiger partial charge in [-0.1, -0.05) is 32.4 Å². The molecule has 32 heavy (non-hydrogen) atoms. The first-order valence-corrected chi connectivity index (χ1v) is 11.3. The molecule has 2 N–H and O–H groups in total. The number of hydrogen-bond acceptors (Lipinski definition) is 6. The van der Waals surface area contributed by atoms with Gasteiger partial charge >= 0.3 is 5.97 Å². The molecule has 1 aliphatic heterocycles. The van der Waals surface area contributed by atoms with E-state index in [1.807, 2.05) is 13.0 Å². The van der Waals surface area contributed by atoms with Crippen molar-refractivity contribution in [2.24, 2.45) is 5.92 Å². The SMILES string of the molecule is CC(C)CN(c1ncc(C(C)CC(=O)O)cc1Nc1ccc(Cl)c(F)n1)C1CCOCC1. The van der Waals surface area contributed by atoms with Crippen LogP contribution < -0.4 is 10.2 Å². The molecule has 2 aromatic rings. The number of aliphatic carboxylic acids is 1. The first kappa shape index (κ1) is 24.2. The third-order valence-corrected chi connectivity index (χ3v) is 5.75. The summed E-state index contributed by atoms with van der Waals surface area (Å²) in [4.78, 5) is 22.1. The molecule has 9 heteroatoms. The van der Waals surface area contributed by atoms with Gasteiger partial charge in [-0.2, -0.15) is 4.39 Å². The monoisotopic (exact) mass is 464 g/mol. The van der Waals surface area contributed by atoms with E-state index in [4.69, 9.17) is 21.3 Å². The molecule has 174 valence electrons. The third kappa shape index (κ3) is 6.29. The molecule has 3 heterocycles. The number of aromatic nitrogens is 2. The van der Waals surface area contributed by atoms with Gasteiger partial charge in [-0.15, -0.1) is 0 Å². The lowest BCUT2D eigenvalue weighted by atomic mass is 9.98. The number of ether oxygens (including phenoxy) is 1. The highest BCUT2D eigenvalue weighted by Gasteiger charge is 2.26. The van der Waals surface area contributed by atoms with Crippen LogP contribution in [0.2, 0.25) is 5.02 Å². The Kier molecular flexibility index (Phi) is 8.26. The number of carbonyl (C=O) groups is 1. The molecule has 1 saturated heterocycles. The fraction of sp³-hybridized carbons (Fsp3) is 0.522. The summed E-state index contributed by atoms with van der Waals surface area (Å²) in [6, 6.07) is 5.19. The number of rotatable bonds is 9. The number of pyridine rings is 2. The van der Waals surface area contributed by atoms with Gasteiger partial charge in [0.1, 0.15) is 5.82 Å². The van der Waals surface area contributed by atoms with Gasteiger partial charge < -0.3 is 20.1 Å². The summed E-state index contributed by atoms with van der Waals surface area (Å²) in [6.45, 7) is 8.33. The van der Waals surface area contributed by atoms with Crippen molar-refractivity contribution in [2.75, 3.05) is 30.0 Å². The van der Waals surface area contributed by atoms with Gasteiger partial charge in [0.25, 0.3) is 0 Å². The molecular formula is C23H30ClFN4O3. The van der Waals surface area contributed by atoms with Crippen molar-refractivity contribution in [1.29, 1.82) is 0 Å². The maximum Gasteiger partial charge on any atom is 0.303 e. The van der Waals surface area contributed by atoms with Gasteiger partial charge in [0.15, 0.2) is 5.82 Å². The molecule has 1 unspecified atom stereocenters. The van der Waals surface area contributed by atoms with E-state index in [0.717, 1.165) is 30.8 Å². The molecule has 0 amide bonds. The molecule has 3 rings (SSSR count). The van der Waals surface area contributed by atoms with Crippen molar-refractivity contribution in [2.45, 2.75) is 52.0 Å². The number of hydrogen-bond donors (Lipinski definition) is 2. The van der Waals surface area contributed by atoms with Crippen molar-refractivity contribution in [3.8, 4) is 0 Å². The zero-order valence-corrected chi connectivity index (χ0v) is 19.4. The van der Waals surface area contributed by atoms with Crippen LogP contribution in [-0.4, -0.2) is 46.8 Å². The van der Waals surface area contributed by atoms with E-state index in [9.17, 15) is 14.3 Å². The van der Waals surface area contributed by atoms with E-state index in [1.165, 1.54) is 6.07 Å². The minimum absolute atomic E-state index is 0.00996. The van der Waals surface area contributed by atoms with Gasteiger partial charge in [-0.3, -0.25) is 4.79 Å². The van der Waals surface area contributed by atoms with E-state index in [0.29, 0.717) is 30.6 Å². The van der Waals surface area contributed by atoms with Crippen LogP contribution in [0.15, 0.2) is 24.4 Å². The second kappa shape index (κ2) is 10.9. The van der Waals surface area contributed by atoms with Crippen LogP contribution in [0, 0.1) is 11.9 Å². The zero-order chi connectivity index (χ0) is 23.3. The third-order valence-electron chi connectivity index (χ3n) is 5.47. The first-order valence-electron chi connectivity index (χ1n) is 10.9. The Morgan fingerprint density at radius 2 is 2.06 bits per heavy atom. The van der Waals surface area contributed by atoms with Crippen LogP contribution in [0.4, 0.5) is 21.7 Å². The van der Waals surface area contributed by atoms with E-state index < -0.39 is 11.9 Å². The van der Waals surface area contributed by atoms with E-state index in [-0.39, 0.29) is 23.4 Å². The van der Waals surface area contributed by atoms with Crippen LogP contribution in [0.1, 0.15) is 51.5 Å². The number of nitrogens with zero attached hydrogens (tertiary/aromatic N) is 3. The summed E-state index contributed by atoms with van der Waals surface area (Å²) in [6.07, 6.45) is 3.50. The molecule has 0 aliphatic carbocycles. The van der Waals surface area contributed by atoms with E-state index in [2.05, 4.69) is 29.0 Å². The van der Waals surface area contributed by atoms with Gasteiger partial charge in [-0.25, -0.2) is 9.97 Å². The van der Waals surface area contributed by atoms with Gasteiger partial charge in [0, 0.05) is 32.0 Å². The minimum Gasteiger partial charge on any atom is -0.481 e. The number of carboxylic acid groups (broad SMARTS) is 1. The highest BCUT2D eigenvalue weighted by atomic mass is 35.5. The number of halogens is 2. The maximum absolute atomic E-state index is 14.0. The van der Waals surface area contributed by atoms with Crippen LogP contribution in [-0.2, 0) is 9.53 Å². The minimum atomic E-state index is -0.874. The molecule has 7 nitrogen and oxygen atoms in total. The second-order valence-corrected chi connectivity index (χ2v) is 9.03. The highest BCUT2D eigenvalue weighted by molar-refractivity contribution is 6.30. The predicted molar refractivity (Wildman–Crippen MR) is 123 cm³/mol. The topological polar surface area (TPSA) is 87.6 Å². The lowest BCUT2D eigenvalue weighted by molar-refractivity contribution is -0.137. The van der Waals surface area contributed by atoms with Gasteiger partial charge in [-0.05, 0) is 48.4 Å². The smallest absolute Gasteiger partial charge is 0.303 e. The average Bonchev–Trinajstić information content (AvgIpc) is 2.75. The highest BCUT2D eigenvalue weighted by Crippen LogP contribution is 2.34. The van der Waals surface area contributed by atoms with Crippen molar-refractivity contribution in [3.63, 3.8) is 0 Å². The maximum atomic E-state index is 14.0. The zero-order valence-electron chi connectivity index (χ0n) is 18.6. The molecule has 0 radical (unpaired) electrons. The molecule has 0 aromatic carbocycles. The van der Waals surface area contributed by atoms with Gasteiger partial charge in [0.05, 0.1) is 17.1 Å². The van der Waals surface area contributed by atoms with Crippen LogP contribution in [0.5, 0.6) is 0 Å². The molecule has 1 atom stereocenters. The standard InChI is InChI=1S/C23H30ClFN4O3/c1-14(2)13-29(17-6-8-32-9-7-17)23-19(27-20-5-4-18(24)22(25)28-20)11-16(12-26-23)15(3)10-21(30)31/h4-5,11-12,14-15,17H,6-10,13H2,1-3H3,(H,27,28)(H,30,31). The van der Waals surface area contributed by atoms with Crippen LogP contribution >= 0.6 is 11.6 Å². The van der Waals surface area contributed by atoms with E-state index in [1.54, 1.807) is 12.3 Å². The average molecular weight is 465 g/mol. The summed E-state index contributed by atoms with van der Waals surface area (Å²) in [5, 5.41) is 12.3. The largest absolute Gasteiger partial charge is 0.481 e. The summed E-state index contributed by atoms with van der Waals surface area (Å²) >= 11 is 5.79. The summed E-state index contributed by atoms with van der Waals surface area (Å²) in [5.74, 6) is -0.440. The summed E-state index contributed by atoms with van der Waals surface area (Å²) in [7, 11) is 0. The molecule has 2 aromatic heterocycles. The summed E-state index contributed by atoms with van der Waals surface area (Å²) < 4.78 is 19.5. The molecule has 0 bridgehead atoms. The van der Waals surface area contributed by atoms with Crippen LogP contribution in [0.25, 0.3) is 0 Å². The Hall–Kier alpha value is -2.45. The van der Waals surface area contributed by atoms with Crippen molar-refractivity contribution in [3.05, 3.63) is 40.9 Å². The molecule has 0 saturated carbocycles. The number of anilines is 3. The Morgan fingerprint density at radius 3 is 2.69 bits per heavy atom. The number of carboxylic acids is 1. The van der Waals surface area contributed by atoms with Crippen molar-refractivity contribution in [1.82, 2.24) is 9.97 Å². The Labute approximate surface area is 193 Å². The fourth-order valence-corrected chi connectivity index (χ4v) is 3.97. The second-order valence-electron chi connectivity index (χ2n) is 8.62. The fourth-order valence-electron chi connectivity index (χ4n) is 3.87. The molecule has 0 spiro atoms. The van der Waals surface area contributed by atoms with Crippen LogP contribution in [0.3, 0.4) is 0 Å². The predicted octanol–water partition coefficient (Wildman–Crippen LogP) is 5.23. The Morgan fingerprint density at radius 1 is 1.34 bits per heavy atom. The van der Waals surface area contributed by atoms with Crippen molar-refractivity contribution < 1.29 is 19.0 Å².